The maximum Gasteiger partial charge on any atom is 0.344 e. The minimum absolute atomic E-state index is 0.0374. The topological polar surface area (TPSA) is 80.1 Å². The van der Waals surface area contributed by atoms with Crippen molar-refractivity contribution in [1.29, 1.82) is 0 Å². The number of aryl methyl sites for hydroxylation is 1. The molecule has 2 aromatic carbocycles. The molecule has 0 aromatic heterocycles. The van der Waals surface area contributed by atoms with Crippen LogP contribution in [-0.2, 0) is 16.2 Å². The van der Waals surface area contributed by atoms with Gasteiger partial charge in [0.05, 0.1) is 11.8 Å². The molecule has 0 spiro atoms. The van der Waals surface area contributed by atoms with Crippen molar-refractivity contribution in [2.75, 3.05) is 19.8 Å². The molecule has 2 N–H and O–H groups in total. The Morgan fingerprint density at radius 3 is 2.52 bits per heavy atom. The molecule has 2 heterocycles. The number of fused-ring (bicyclic) bond motifs is 2. The van der Waals surface area contributed by atoms with E-state index < -0.39 is 12.6 Å². The molecule has 8 heteroatoms. The minimum Gasteiger partial charge on any atom is -0.492 e. The molecule has 6 unspecified atom stereocenters. The summed E-state index contributed by atoms with van der Waals surface area (Å²) in [5, 5.41) is 17.5. The summed E-state index contributed by atoms with van der Waals surface area (Å²) in [7, 11) is 0. The highest BCUT2D eigenvalue weighted by Crippen LogP contribution is 2.58. The van der Waals surface area contributed by atoms with Crippen molar-refractivity contribution < 1.29 is 19.5 Å². The summed E-state index contributed by atoms with van der Waals surface area (Å²) in [6.45, 7) is 18.1. The molecule has 0 bridgehead atoms. The number of hydrogen-bond acceptors (Lipinski definition) is 6. The Bertz CT molecular complexity index is 1440. The number of carbonyl (C=O) groups is 1. The summed E-state index contributed by atoms with van der Waals surface area (Å²) in [6.07, 6.45) is 14.1. The number of rotatable bonds is 16. The number of nitrogens with zero attached hydrogens (tertiary/aromatic N) is 2. The van der Waals surface area contributed by atoms with Crippen LogP contribution in [-0.4, -0.2) is 59.9 Å². The third-order valence-electron chi connectivity index (χ3n) is 11.1. The van der Waals surface area contributed by atoms with Crippen LogP contribution in [0.5, 0.6) is 5.75 Å². The normalized spacial score (nSPS) is 26.8. The molecule has 1 saturated carbocycles. The minimum atomic E-state index is -1.02. The molecule has 6 atom stereocenters. The van der Waals surface area contributed by atoms with Crippen LogP contribution in [0.1, 0.15) is 128 Å². The van der Waals surface area contributed by atoms with Crippen LogP contribution in [0, 0.1) is 18.3 Å². The molecule has 0 amide bonds. The zero-order chi connectivity index (χ0) is 35.9. The number of carboxylic acids is 1. The van der Waals surface area contributed by atoms with Gasteiger partial charge in [0, 0.05) is 52.1 Å². The van der Waals surface area contributed by atoms with E-state index in [2.05, 4.69) is 113 Å². The summed E-state index contributed by atoms with van der Waals surface area (Å²) < 4.78 is 7.60. The molecule has 2 aromatic rings. The van der Waals surface area contributed by atoms with Crippen LogP contribution in [0.15, 0.2) is 47.6 Å². The van der Waals surface area contributed by atoms with Crippen molar-refractivity contribution in [3.05, 3.63) is 59.2 Å². The summed E-state index contributed by atoms with van der Waals surface area (Å²) in [5.74, 6) is 0.798. The van der Waals surface area contributed by atoms with Crippen LogP contribution in [0.4, 0.5) is 5.69 Å². The number of carboxylic acid groups (broad SMARTS) is 1. The van der Waals surface area contributed by atoms with Gasteiger partial charge in [0.25, 0.3) is 0 Å². The average molecular weight is 707 g/mol. The van der Waals surface area contributed by atoms with E-state index in [0.29, 0.717) is 18.7 Å². The lowest BCUT2D eigenvalue weighted by Crippen LogP contribution is -2.56. The van der Waals surface area contributed by atoms with Gasteiger partial charge in [0.1, 0.15) is 30.6 Å². The van der Waals surface area contributed by atoms with Crippen LogP contribution < -0.4 is 14.5 Å². The largest absolute Gasteiger partial charge is 0.492 e. The first-order valence-corrected chi connectivity index (χ1v) is 20.2. The van der Waals surface area contributed by atoms with Gasteiger partial charge in [-0.25, -0.2) is 4.79 Å². The molecule has 0 radical (unpaired) electrons. The molecule has 7 nitrogen and oxygen atoms in total. The highest BCUT2D eigenvalue weighted by Gasteiger charge is 2.55. The molecule has 1 saturated heterocycles. The molecule has 50 heavy (non-hydrogen) atoms. The van der Waals surface area contributed by atoms with Crippen molar-refractivity contribution in [1.82, 2.24) is 9.80 Å². The molecular weight excluding hydrogens is 643 g/mol. The summed E-state index contributed by atoms with van der Waals surface area (Å²) >= 11 is 2.07. The first kappa shape index (κ1) is 38.7. The second-order valence-electron chi connectivity index (χ2n) is 17.0. The molecule has 2 fully saturated rings. The van der Waals surface area contributed by atoms with E-state index in [-0.39, 0.29) is 21.5 Å². The van der Waals surface area contributed by atoms with Crippen molar-refractivity contribution >= 4 is 29.6 Å². The van der Waals surface area contributed by atoms with Gasteiger partial charge in [-0.15, -0.1) is 11.8 Å². The van der Waals surface area contributed by atoms with Crippen LogP contribution in [0.3, 0.4) is 0 Å². The Balaban J connectivity index is 1.52. The third-order valence-corrected chi connectivity index (χ3v) is 12.6. The first-order valence-electron chi connectivity index (χ1n) is 19.3. The summed E-state index contributed by atoms with van der Waals surface area (Å²) in [5.41, 5.74) is 5.11. The van der Waals surface area contributed by atoms with Crippen LogP contribution in [0.25, 0.3) is 0 Å². The van der Waals surface area contributed by atoms with E-state index in [1.807, 2.05) is 6.21 Å². The number of hydrogen-bond donors (Lipinski definition) is 2. The number of oxime groups is 1. The first-order chi connectivity index (χ1) is 23.8. The van der Waals surface area contributed by atoms with E-state index in [9.17, 15) is 4.79 Å². The lowest BCUT2D eigenvalue weighted by molar-refractivity contribution is -0.142. The van der Waals surface area contributed by atoms with E-state index in [0.717, 1.165) is 42.1 Å². The van der Waals surface area contributed by atoms with Gasteiger partial charge in [-0.1, -0.05) is 95.8 Å². The van der Waals surface area contributed by atoms with Gasteiger partial charge >= 0.3 is 5.97 Å². The number of piperidine rings is 1. The Kier molecular flexibility index (Phi) is 13.0. The fraction of sp³-hybridized carbons (Fsp3) is 0.667. The summed E-state index contributed by atoms with van der Waals surface area (Å²) in [6, 6.07) is 17.4. The van der Waals surface area contributed by atoms with E-state index >= 15 is 0 Å². The van der Waals surface area contributed by atoms with E-state index in [1.54, 1.807) is 0 Å². The zero-order valence-electron chi connectivity index (χ0n) is 31.9. The number of aliphatic carboxylic acids is 1. The second kappa shape index (κ2) is 16.9. The van der Waals surface area contributed by atoms with Crippen molar-refractivity contribution in [3.63, 3.8) is 0 Å². The van der Waals surface area contributed by atoms with E-state index in [4.69, 9.17) is 14.7 Å². The lowest BCUT2D eigenvalue weighted by Gasteiger charge is -2.44. The molecule has 2 aliphatic heterocycles. The van der Waals surface area contributed by atoms with Crippen LogP contribution in [0.2, 0.25) is 0 Å². The maximum atomic E-state index is 11.1. The Labute approximate surface area is 306 Å². The quantitative estimate of drug-likeness (QED) is 0.0783. The Hall–Kier alpha value is -2.55. The molecule has 276 valence electrons. The predicted octanol–water partition coefficient (Wildman–Crippen LogP) is 9.84. The Morgan fingerprint density at radius 2 is 1.80 bits per heavy atom. The smallest absolute Gasteiger partial charge is 0.344 e. The highest BCUT2D eigenvalue weighted by molar-refractivity contribution is 8.00. The molecule has 1 aliphatic carbocycles. The predicted molar refractivity (Wildman–Crippen MR) is 209 cm³/mol. The number of benzene rings is 2. The second-order valence-corrected chi connectivity index (χ2v) is 19.0. The van der Waals surface area contributed by atoms with Crippen molar-refractivity contribution in [2.45, 2.75) is 147 Å². The van der Waals surface area contributed by atoms with Gasteiger partial charge in [-0.05, 0) is 63.5 Å². The van der Waals surface area contributed by atoms with Gasteiger partial charge in [0.15, 0.2) is 0 Å². The molecule has 5 rings (SSSR count). The lowest BCUT2D eigenvalue weighted by atomic mass is 9.78. The van der Waals surface area contributed by atoms with Gasteiger partial charge in [0.2, 0.25) is 6.61 Å². The third kappa shape index (κ3) is 10.1. The Morgan fingerprint density at radius 1 is 1.04 bits per heavy atom. The SMILES string of the molecule is CCCCC[N+]1(Cc2ccc(C)cc2)c2ccc(OCC3CCC4CCCCC4N3)cc2C(SC(C)(C)C)C1CC(C)(C)/C=N/OCC(=O)O. The highest BCUT2D eigenvalue weighted by atomic mass is 32.2. The van der Waals surface area contributed by atoms with Crippen LogP contribution >= 0.6 is 11.8 Å². The number of ether oxygens (including phenoxy) is 1. The number of thioether (sulfide) groups is 1. The number of unbranched alkanes of at least 4 members (excludes halogenated alkanes) is 2. The monoisotopic (exact) mass is 706 g/mol. The number of nitrogens with one attached hydrogen (secondary N) is 1. The fourth-order valence-corrected chi connectivity index (χ4v) is 10.3. The van der Waals surface area contributed by atoms with Gasteiger partial charge < -0.3 is 20.0 Å². The maximum absolute atomic E-state index is 11.1. The number of quaternary nitrogens is 1. The zero-order valence-corrected chi connectivity index (χ0v) is 32.7. The standard InChI is InChI=1S/C42H63N3O4S/c1-8-9-12-23-45(26-31-17-15-30(2)16-18-31)37-22-21-34(48-27-33-20-19-32-13-10-11-14-36(32)44-33)24-35(37)40(50-41(3,4)5)38(45)25-42(6,7)29-43-49-28-39(46)47/h15-18,21-22,24,29,32-33,36,38,40,44H,8-14,19-20,23,25-28H2,1-7H3/p+1/b43-29+. The van der Waals surface area contributed by atoms with Crippen molar-refractivity contribution in [2.24, 2.45) is 16.5 Å². The van der Waals surface area contributed by atoms with Gasteiger partial charge in [-0.2, -0.15) is 0 Å². The molecular formula is C42H64N3O4S+. The summed E-state index contributed by atoms with van der Waals surface area (Å²) in [4.78, 5) is 16.3. The fourth-order valence-electron chi connectivity index (χ4n) is 8.70. The average Bonchev–Trinajstić information content (AvgIpc) is 3.28. The van der Waals surface area contributed by atoms with Crippen molar-refractivity contribution in [3.8, 4) is 5.75 Å². The van der Waals surface area contributed by atoms with Gasteiger partial charge in [-0.3, -0.25) is 4.48 Å². The van der Waals surface area contributed by atoms with E-state index in [1.165, 1.54) is 73.7 Å². The molecule has 3 aliphatic rings.